The fourth-order valence-electron chi connectivity index (χ4n) is 1.62. The lowest BCUT2D eigenvalue weighted by Gasteiger charge is -2.34. The summed E-state index contributed by atoms with van der Waals surface area (Å²) in [6.07, 6.45) is 1.50. The number of aliphatic carboxylic acids is 1. The van der Waals surface area contributed by atoms with E-state index in [4.69, 9.17) is 5.11 Å². The summed E-state index contributed by atoms with van der Waals surface area (Å²) in [4.78, 5) is 10.6. The van der Waals surface area contributed by atoms with Gasteiger partial charge in [-0.15, -0.1) is 0 Å². The van der Waals surface area contributed by atoms with E-state index in [-0.39, 0.29) is 13.1 Å². The van der Waals surface area contributed by atoms with Crippen LogP contribution in [-0.4, -0.2) is 36.9 Å². The molecule has 1 aromatic rings. The van der Waals surface area contributed by atoms with Crippen LogP contribution in [0.15, 0.2) is 35.7 Å². The molecule has 1 fully saturated rings. The van der Waals surface area contributed by atoms with Gasteiger partial charge in [0.05, 0.1) is 5.92 Å². The third-order valence-electron chi connectivity index (χ3n) is 2.79. The van der Waals surface area contributed by atoms with Crippen molar-refractivity contribution in [2.24, 2.45) is 5.92 Å². The molecular weight excluding hydrogens is 254 g/mol. The van der Waals surface area contributed by atoms with Crippen LogP contribution in [0.5, 0.6) is 0 Å². The number of sulfonamides is 1. The number of carboxylic acid groups (broad SMARTS) is 1. The minimum atomic E-state index is -3.50. The molecule has 1 aliphatic rings. The number of carbonyl (C=O) groups is 1. The molecule has 0 spiro atoms. The lowest BCUT2D eigenvalue weighted by Crippen LogP contribution is -2.52. The highest BCUT2D eigenvalue weighted by molar-refractivity contribution is 7.92. The maximum Gasteiger partial charge on any atom is 0.309 e. The number of carboxylic acids is 1. The maximum atomic E-state index is 11.8. The Morgan fingerprint density at radius 2 is 1.89 bits per heavy atom. The van der Waals surface area contributed by atoms with Gasteiger partial charge in [-0.25, -0.2) is 8.42 Å². The molecule has 0 unspecified atom stereocenters. The van der Waals surface area contributed by atoms with E-state index in [1.165, 1.54) is 6.08 Å². The van der Waals surface area contributed by atoms with Crippen molar-refractivity contribution in [2.75, 3.05) is 13.1 Å². The molecule has 5 nitrogen and oxygen atoms in total. The Morgan fingerprint density at radius 3 is 2.44 bits per heavy atom. The highest BCUT2D eigenvalue weighted by Crippen LogP contribution is 2.21. The van der Waals surface area contributed by atoms with Crippen LogP contribution >= 0.6 is 0 Å². The van der Waals surface area contributed by atoms with Gasteiger partial charge in [-0.3, -0.25) is 4.79 Å². The molecule has 0 aliphatic carbocycles. The monoisotopic (exact) mass is 267 g/mol. The van der Waals surface area contributed by atoms with Gasteiger partial charge in [0.15, 0.2) is 0 Å². The zero-order valence-corrected chi connectivity index (χ0v) is 10.4. The van der Waals surface area contributed by atoms with Crippen LogP contribution < -0.4 is 0 Å². The molecule has 0 atom stereocenters. The maximum absolute atomic E-state index is 11.8. The normalized spacial score (nSPS) is 17.8. The third-order valence-corrected chi connectivity index (χ3v) is 4.29. The molecule has 6 heteroatoms. The first-order chi connectivity index (χ1) is 8.49. The molecule has 18 heavy (non-hydrogen) atoms. The Morgan fingerprint density at radius 1 is 1.28 bits per heavy atom. The van der Waals surface area contributed by atoms with E-state index >= 15 is 0 Å². The fraction of sp³-hybridized carbons (Fsp3) is 0.250. The quantitative estimate of drug-likeness (QED) is 0.883. The molecule has 0 amide bonds. The van der Waals surface area contributed by atoms with Gasteiger partial charge < -0.3 is 5.11 Å². The van der Waals surface area contributed by atoms with E-state index in [1.54, 1.807) is 12.1 Å². The molecule has 0 radical (unpaired) electrons. The van der Waals surface area contributed by atoms with E-state index in [0.29, 0.717) is 0 Å². The second-order valence-electron chi connectivity index (χ2n) is 4.11. The molecule has 0 saturated carbocycles. The Kier molecular flexibility index (Phi) is 3.49. The minimum Gasteiger partial charge on any atom is -0.481 e. The molecule has 1 N–H and O–H groups in total. The highest BCUT2D eigenvalue weighted by atomic mass is 32.2. The number of hydrogen-bond acceptors (Lipinski definition) is 3. The van der Waals surface area contributed by atoms with Gasteiger partial charge >= 0.3 is 5.97 Å². The summed E-state index contributed by atoms with van der Waals surface area (Å²) in [6.45, 7) is 0.105. The van der Waals surface area contributed by atoms with Crippen LogP contribution in [-0.2, 0) is 14.8 Å². The van der Waals surface area contributed by atoms with Crippen molar-refractivity contribution in [1.82, 2.24) is 4.31 Å². The van der Waals surface area contributed by atoms with E-state index in [9.17, 15) is 13.2 Å². The SMILES string of the molecule is O=C(O)C1CN(S(=O)(=O)/C=C/c2ccccc2)C1. The van der Waals surface area contributed by atoms with Crippen LogP contribution in [0.3, 0.4) is 0 Å². The number of nitrogens with zero attached hydrogens (tertiary/aromatic N) is 1. The zero-order valence-electron chi connectivity index (χ0n) is 9.56. The van der Waals surface area contributed by atoms with Crippen molar-refractivity contribution in [3.8, 4) is 0 Å². The largest absolute Gasteiger partial charge is 0.481 e. The predicted octanol–water partition coefficient (Wildman–Crippen LogP) is 1.00. The van der Waals surface area contributed by atoms with Crippen LogP contribution in [0.4, 0.5) is 0 Å². The van der Waals surface area contributed by atoms with Gasteiger partial charge in [0.25, 0.3) is 0 Å². The summed E-state index contributed by atoms with van der Waals surface area (Å²) in [5, 5.41) is 9.80. The lowest BCUT2D eigenvalue weighted by molar-refractivity contribution is -0.145. The first kappa shape index (κ1) is 12.8. The summed E-state index contributed by atoms with van der Waals surface area (Å²) in [6, 6.07) is 9.07. The minimum absolute atomic E-state index is 0.0524. The number of benzene rings is 1. The Labute approximate surface area is 105 Å². The first-order valence-corrected chi connectivity index (χ1v) is 6.95. The topological polar surface area (TPSA) is 74.7 Å². The van der Waals surface area contributed by atoms with E-state index in [0.717, 1.165) is 15.3 Å². The van der Waals surface area contributed by atoms with Gasteiger partial charge in [-0.1, -0.05) is 30.3 Å². The van der Waals surface area contributed by atoms with Crippen molar-refractivity contribution in [2.45, 2.75) is 0 Å². The fourth-order valence-corrected chi connectivity index (χ4v) is 2.89. The summed E-state index contributed by atoms with van der Waals surface area (Å²) < 4.78 is 24.8. The van der Waals surface area contributed by atoms with Gasteiger partial charge in [0.1, 0.15) is 0 Å². The average molecular weight is 267 g/mol. The molecule has 96 valence electrons. The highest BCUT2D eigenvalue weighted by Gasteiger charge is 2.38. The molecule has 0 aromatic heterocycles. The van der Waals surface area contributed by atoms with E-state index in [2.05, 4.69) is 0 Å². The van der Waals surface area contributed by atoms with Gasteiger partial charge in [-0.05, 0) is 11.6 Å². The second kappa shape index (κ2) is 4.91. The molecule has 1 aromatic carbocycles. The standard InChI is InChI=1S/C12H13NO4S/c14-12(15)11-8-13(9-11)18(16,17)7-6-10-4-2-1-3-5-10/h1-7,11H,8-9H2,(H,14,15)/b7-6+. The van der Waals surface area contributed by atoms with Crippen molar-refractivity contribution in [3.63, 3.8) is 0 Å². The Hall–Kier alpha value is -1.66. The number of rotatable bonds is 4. The van der Waals surface area contributed by atoms with Crippen LogP contribution in [0.2, 0.25) is 0 Å². The predicted molar refractivity (Wildman–Crippen MR) is 67.1 cm³/mol. The van der Waals surface area contributed by atoms with Crippen molar-refractivity contribution in [3.05, 3.63) is 41.3 Å². The smallest absolute Gasteiger partial charge is 0.309 e. The van der Waals surface area contributed by atoms with Crippen LogP contribution in [0.25, 0.3) is 6.08 Å². The van der Waals surface area contributed by atoms with Crippen LogP contribution in [0.1, 0.15) is 5.56 Å². The van der Waals surface area contributed by atoms with E-state index in [1.807, 2.05) is 18.2 Å². The summed E-state index contributed by atoms with van der Waals surface area (Å²) in [5.41, 5.74) is 0.788. The Balaban J connectivity index is 2.01. The molecule has 0 bridgehead atoms. The van der Waals surface area contributed by atoms with Gasteiger partial charge in [-0.2, -0.15) is 4.31 Å². The van der Waals surface area contributed by atoms with Gasteiger partial charge in [0, 0.05) is 18.5 Å². The summed E-state index contributed by atoms with van der Waals surface area (Å²) in [5.74, 6) is -1.53. The molecule has 1 saturated heterocycles. The van der Waals surface area contributed by atoms with E-state index < -0.39 is 21.9 Å². The van der Waals surface area contributed by atoms with Gasteiger partial charge in [0.2, 0.25) is 10.0 Å². The Bertz CT molecular complexity index is 559. The zero-order chi connectivity index (χ0) is 13.2. The number of hydrogen-bond donors (Lipinski definition) is 1. The van der Waals surface area contributed by atoms with Crippen molar-refractivity contribution >= 4 is 22.1 Å². The molecule has 2 rings (SSSR count). The van der Waals surface area contributed by atoms with Crippen molar-refractivity contribution in [1.29, 1.82) is 0 Å². The summed E-state index contributed by atoms with van der Waals surface area (Å²) >= 11 is 0. The first-order valence-electron chi connectivity index (χ1n) is 5.45. The molecule has 1 aliphatic heterocycles. The van der Waals surface area contributed by atoms with Crippen molar-refractivity contribution < 1.29 is 18.3 Å². The average Bonchev–Trinajstić information content (AvgIpc) is 2.25. The van der Waals surface area contributed by atoms with Crippen LogP contribution in [0, 0.1) is 5.92 Å². The molecular formula is C12H13NO4S. The third kappa shape index (κ3) is 2.77. The summed E-state index contributed by atoms with van der Waals surface area (Å²) in [7, 11) is -3.50. The second-order valence-corrected chi connectivity index (χ2v) is 5.93. The molecule has 1 heterocycles. The lowest BCUT2D eigenvalue weighted by atomic mass is 10.0.